The van der Waals surface area contributed by atoms with E-state index in [9.17, 15) is 5.11 Å². The quantitative estimate of drug-likeness (QED) is 0.905. The average Bonchev–Trinajstić information content (AvgIpc) is 2.78. The van der Waals surface area contributed by atoms with Gasteiger partial charge in [-0.3, -0.25) is 4.90 Å². The predicted molar refractivity (Wildman–Crippen MR) is 75.1 cm³/mol. The SMILES string of the molecule is CCCC1CN(C2Cc3ccccc3C2O)CCO1. The van der Waals surface area contributed by atoms with Gasteiger partial charge in [-0.05, 0) is 24.0 Å². The van der Waals surface area contributed by atoms with Gasteiger partial charge in [0.1, 0.15) is 0 Å². The smallest absolute Gasteiger partial charge is 0.0951 e. The van der Waals surface area contributed by atoms with E-state index in [2.05, 4.69) is 30.0 Å². The first-order chi connectivity index (χ1) is 9.29. The molecule has 3 atom stereocenters. The summed E-state index contributed by atoms with van der Waals surface area (Å²) in [5, 5.41) is 10.5. The number of morpholine rings is 1. The summed E-state index contributed by atoms with van der Waals surface area (Å²) >= 11 is 0. The van der Waals surface area contributed by atoms with Crippen LogP contribution in [0.25, 0.3) is 0 Å². The number of aliphatic hydroxyl groups is 1. The maximum atomic E-state index is 10.5. The van der Waals surface area contributed by atoms with Gasteiger partial charge in [0.2, 0.25) is 0 Å². The van der Waals surface area contributed by atoms with Crippen LogP contribution in [0.2, 0.25) is 0 Å². The molecule has 0 saturated carbocycles. The first-order valence-corrected chi connectivity index (χ1v) is 7.41. The third-order valence-electron chi connectivity index (χ3n) is 4.42. The minimum absolute atomic E-state index is 0.237. The van der Waals surface area contributed by atoms with Crippen LogP contribution in [0.3, 0.4) is 0 Å². The molecule has 1 aromatic carbocycles. The van der Waals surface area contributed by atoms with Gasteiger partial charge in [0.15, 0.2) is 0 Å². The summed E-state index contributed by atoms with van der Waals surface area (Å²) in [5.74, 6) is 0. The van der Waals surface area contributed by atoms with Crippen molar-refractivity contribution >= 4 is 0 Å². The zero-order valence-electron chi connectivity index (χ0n) is 11.6. The summed E-state index contributed by atoms with van der Waals surface area (Å²) < 4.78 is 5.80. The standard InChI is InChI=1S/C16H23NO2/c1-2-5-13-11-17(8-9-19-13)15-10-12-6-3-4-7-14(12)16(15)18/h3-4,6-7,13,15-16,18H,2,5,8-11H2,1H3. The average molecular weight is 261 g/mol. The van der Waals surface area contributed by atoms with Crippen molar-refractivity contribution in [1.29, 1.82) is 0 Å². The fourth-order valence-electron chi connectivity index (χ4n) is 3.42. The molecular formula is C16H23NO2. The van der Waals surface area contributed by atoms with Crippen LogP contribution in [0.4, 0.5) is 0 Å². The van der Waals surface area contributed by atoms with Crippen molar-refractivity contribution in [2.75, 3.05) is 19.7 Å². The molecule has 104 valence electrons. The van der Waals surface area contributed by atoms with E-state index in [1.807, 2.05) is 6.07 Å². The molecule has 1 aliphatic carbocycles. The molecular weight excluding hydrogens is 238 g/mol. The van der Waals surface area contributed by atoms with E-state index >= 15 is 0 Å². The summed E-state index contributed by atoms with van der Waals surface area (Å²) in [5.41, 5.74) is 2.42. The van der Waals surface area contributed by atoms with Gasteiger partial charge in [0.05, 0.1) is 18.8 Å². The molecule has 0 aromatic heterocycles. The fraction of sp³-hybridized carbons (Fsp3) is 0.625. The second-order valence-electron chi connectivity index (χ2n) is 5.69. The van der Waals surface area contributed by atoms with E-state index in [4.69, 9.17) is 4.74 Å². The molecule has 1 saturated heterocycles. The minimum atomic E-state index is -0.337. The molecule has 1 fully saturated rings. The molecule has 1 aliphatic heterocycles. The molecule has 1 heterocycles. The summed E-state index contributed by atoms with van der Waals surface area (Å²) in [6.45, 7) is 4.90. The summed E-state index contributed by atoms with van der Waals surface area (Å²) in [4.78, 5) is 2.43. The van der Waals surface area contributed by atoms with Crippen molar-refractivity contribution in [3.63, 3.8) is 0 Å². The highest BCUT2D eigenvalue weighted by Crippen LogP contribution is 2.35. The first kappa shape index (κ1) is 13.1. The van der Waals surface area contributed by atoms with E-state index in [0.717, 1.165) is 44.5 Å². The van der Waals surface area contributed by atoms with Crippen LogP contribution in [0.1, 0.15) is 37.0 Å². The molecule has 1 N–H and O–H groups in total. The zero-order valence-corrected chi connectivity index (χ0v) is 11.6. The van der Waals surface area contributed by atoms with E-state index in [-0.39, 0.29) is 12.1 Å². The fourth-order valence-corrected chi connectivity index (χ4v) is 3.42. The van der Waals surface area contributed by atoms with Crippen molar-refractivity contribution < 1.29 is 9.84 Å². The van der Waals surface area contributed by atoms with Gasteiger partial charge in [0, 0.05) is 19.1 Å². The number of fused-ring (bicyclic) bond motifs is 1. The Bertz CT molecular complexity index is 433. The Kier molecular flexibility index (Phi) is 3.87. The summed E-state index contributed by atoms with van der Waals surface area (Å²) in [7, 11) is 0. The topological polar surface area (TPSA) is 32.7 Å². The number of hydrogen-bond donors (Lipinski definition) is 1. The molecule has 0 amide bonds. The Hall–Kier alpha value is -0.900. The molecule has 1 aromatic rings. The molecule has 0 spiro atoms. The van der Waals surface area contributed by atoms with Crippen LogP contribution in [0.5, 0.6) is 0 Å². The maximum Gasteiger partial charge on any atom is 0.0951 e. The molecule has 0 radical (unpaired) electrons. The summed E-state index contributed by atoms with van der Waals surface area (Å²) in [6.07, 6.45) is 3.25. The Morgan fingerprint density at radius 2 is 2.21 bits per heavy atom. The highest BCUT2D eigenvalue weighted by Gasteiger charge is 2.36. The lowest BCUT2D eigenvalue weighted by Gasteiger charge is -2.38. The van der Waals surface area contributed by atoms with E-state index < -0.39 is 0 Å². The monoisotopic (exact) mass is 261 g/mol. The Morgan fingerprint density at radius 3 is 3.00 bits per heavy atom. The molecule has 3 unspecified atom stereocenters. The first-order valence-electron chi connectivity index (χ1n) is 7.41. The number of hydrogen-bond acceptors (Lipinski definition) is 3. The van der Waals surface area contributed by atoms with Gasteiger partial charge in [-0.1, -0.05) is 37.6 Å². The summed E-state index contributed by atoms with van der Waals surface area (Å²) in [6, 6.07) is 8.52. The minimum Gasteiger partial charge on any atom is -0.387 e. The number of rotatable bonds is 3. The second kappa shape index (κ2) is 5.61. The van der Waals surface area contributed by atoms with E-state index in [1.165, 1.54) is 5.56 Å². The highest BCUT2D eigenvalue weighted by atomic mass is 16.5. The van der Waals surface area contributed by atoms with Crippen molar-refractivity contribution in [1.82, 2.24) is 4.90 Å². The van der Waals surface area contributed by atoms with Crippen LogP contribution >= 0.6 is 0 Å². The number of aliphatic hydroxyl groups excluding tert-OH is 1. The van der Waals surface area contributed by atoms with Crippen LogP contribution < -0.4 is 0 Å². The zero-order chi connectivity index (χ0) is 13.2. The Morgan fingerprint density at radius 1 is 1.37 bits per heavy atom. The number of benzene rings is 1. The lowest BCUT2D eigenvalue weighted by atomic mass is 10.1. The normalized spacial score (nSPS) is 31.4. The van der Waals surface area contributed by atoms with Gasteiger partial charge in [0.25, 0.3) is 0 Å². The van der Waals surface area contributed by atoms with Crippen molar-refractivity contribution in [3.8, 4) is 0 Å². The number of nitrogens with zero attached hydrogens (tertiary/aromatic N) is 1. The van der Waals surface area contributed by atoms with Crippen LogP contribution in [-0.2, 0) is 11.2 Å². The van der Waals surface area contributed by atoms with Gasteiger partial charge >= 0.3 is 0 Å². The van der Waals surface area contributed by atoms with Gasteiger partial charge in [-0.25, -0.2) is 0 Å². The van der Waals surface area contributed by atoms with Gasteiger partial charge in [-0.15, -0.1) is 0 Å². The van der Waals surface area contributed by atoms with Crippen molar-refractivity contribution in [2.24, 2.45) is 0 Å². The van der Waals surface area contributed by atoms with Gasteiger partial charge in [-0.2, -0.15) is 0 Å². The van der Waals surface area contributed by atoms with Crippen LogP contribution in [-0.4, -0.2) is 41.8 Å². The molecule has 3 rings (SSSR count). The third-order valence-corrected chi connectivity index (χ3v) is 4.42. The van der Waals surface area contributed by atoms with Crippen LogP contribution in [0.15, 0.2) is 24.3 Å². The van der Waals surface area contributed by atoms with E-state index in [1.54, 1.807) is 0 Å². The lowest BCUT2D eigenvalue weighted by molar-refractivity contribution is -0.0643. The lowest BCUT2D eigenvalue weighted by Crippen LogP contribution is -2.49. The molecule has 19 heavy (non-hydrogen) atoms. The largest absolute Gasteiger partial charge is 0.387 e. The maximum absolute atomic E-state index is 10.5. The van der Waals surface area contributed by atoms with Crippen molar-refractivity contribution in [2.45, 2.75) is 44.4 Å². The predicted octanol–water partition coefficient (Wildman–Crippen LogP) is 2.15. The Labute approximate surface area is 115 Å². The molecule has 3 heteroatoms. The highest BCUT2D eigenvalue weighted by molar-refractivity contribution is 5.35. The number of ether oxygens (including phenoxy) is 1. The van der Waals surface area contributed by atoms with E-state index in [0.29, 0.717) is 6.10 Å². The van der Waals surface area contributed by atoms with Crippen molar-refractivity contribution in [3.05, 3.63) is 35.4 Å². The molecule has 0 bridgehead atoms. The van der Waals surface area contributed by atoms with Crippen LogP contribution in [0, 0.1) is 0 Å². The van der Waals surface area contributed by atoms with Gasteiger partial charge < -0.3 is 9.84 Å². The molecule has 2 aliphatic rings. The molecule has 3 nitrogen and oxygen atoms in total. The second-order valence-corrected chi connectivity index (χ2v) is 5.69. The Balaban J connectivity index is 1.71. The third kappa shape index (κ3) is 2.55.